The lowest BCUT2D eigenvalue weighted by atomic mass is 9.93. The zero-order chi connectivity index (χ0) is 45.6. The quantitative estimate of drug-likeness (QED) is 0.0346. The van der Waals surface area contributed by atoms with Crippen molar-refractivity contribution in [1.29, 1.82) is 0 Å². The molecule has 0 aromatic heterocycles. The highest BCUT2D eigenvalue weighted by Crippen LogP contribution is 2.25. The second-order valence-corrected chi connectivity index (χ2v) is 19.7. The third kappa shape index (κ3) is 38.8. The Morgan fingerprint density at radius 1 is 0.371 bits per heavy atom. The van der Waals surface area contributed by atoms with Gasteiger partial charge in [0.15, 0.2) is 0 Å². The molecule has 0 aromatic carbocycles. The summed E-state index contributed by atoms with van der Waals surface area (Å²) in [5.74, 6) is 1.65. The van der Waals surface area contributed by atoms with Gasteiger partial charge in [-0.2, -0.15) is 0 Å². The maximum atomic E-state index is 12.7. The van der Waals surface area contributed by atoms with E-state index in [9.17, 15) is 14.4 Å². The van der Waals surface area contributed by atoms with E-state index in [-0.39, 0.29) is 11.9 Å². The molecule has 368 valence electrons. The molecule has 0 spiro atoms. The lowest BCUT2D eigenvalue weighted by molar-refractivity contribution is -0.146. The zero-order valence-corrected chi connectivity index (χ0v) is 42.8. The predicted molar refractivity (Wildman–Crippen MR) is 268 cm³/mol. The topological polar surface area (TPSA) is 72.9 Å². The minimum atomic E-state index is -0.00553. The van der Waals surface area contributed by atoms with Crippen LogP contribution in [-0.4, -0.2) is 49.0 Å². The van der Waals surface area contributed by atoms with Gasteiger partial charge in [0.1, 0.15) is 0 Å². The number of rotatable bonds is 50. The van der Waals surface area contributed by atoms with Crippen LogP contribution in [0, 0.1) is 17.8 Å². The van der Waals surface area contributed by atoms with Gasteiger partial charge in [-0.15, -0.1) is 0 Å². The molecule has 6 nitrogen and oxygen atoms in total. The number of esters is 2. The summed E-state index contributed by atoms with van der Waals surface area (Å²) in [6, 6.07) is 0.331. The summed E-state index contributed by atoms with van der Waals surface area (Å²) in [5.41, 5.74) is 0. The fraction of sp³-hybridized carbons (Fsp3) is 0.946. The molecule has 6 heteroatoms. The van der Waals surface area contributed by atoms with Crippen molar-refractivity contribution in [2.75, 3.05) is 19.8 Å². The van der Waals surface area contributed by atoms with Crippen molar-refractivity contribution in [3.63, 3.8) is 0 Å². The molecule has 0 aliphatic carbocycles. The minimum absolute atomic E-state index is 0.00553. The summed E-state index contributed by atoms with van der Waals surface area (Å²) < 4.78 is 11.5. The van der Waals surface area contributed by atoms with E-state index in [0.29, 0.717) is 49.9 Å². The van der Waals surface area contributed by atoms with Crippen molar-refractivity contribution < 1.29 is 23.9 Å². The number of carbonyl (C=O) groups excluding carboxylic acids is 3. The van der Waals surface area contributed by atoms with Crippen LogP contribution in [0.25, 0.3) is 0 Å². The molecule has 0 aliphatic heterocycles. The molecular formula is C56H109NO5. The Morgan fingerprint density at radius 2 is 0.661 bits per heavy atom. The van der Waals surface area contributed by atoms with Gasteiger partial charge >= 0.3 is 11.9 Å². The lowest BCUT2D eigenvalue weighted by Gasteiger charge is -2.32. The number of ether oxygens (including phenoxy) is 2. The largest absolute Gasteiger partial charge is 0.465 e. The molecule has 0 heterocycles. The third-order valence-electron chi connectivity index (χ3n) is 13.7. The first-order valence-electron chi connectivity index (χ1n) is 27.9. The number of nitrogens with zero attached hydrogens (tertiary/aromatic N) is 1. The smallest absolute Gasteiger partial charge is 0.305 e. The predicted octanol–water partition coefficient (Wildman–Crippen LogP) is 17.5. The van der Waals surface area contributed by atoms with Crippen LogP contribution in [0.4, 0.5) is 0 Å². The fourth-order valence-electron chi connectivity index (χ4n) is 9.34. The highest BCUT2D eigenvalue weighted by Gasteiger charge is 2.21. The molecule has 0 rings (SSSR count). The van der Waals surface area contributed by atoms with Crippen molar-refractivity contribution in [1.82, 2.24) is 4.90 Å². The Bertz CT molecular complexity index is 901. The first kappa shape index (κ1) is 60.4. The van der Waals surface area contributed by atoms with E-state index in [1.807, 2.05) is 0 Å². The van der Waals surface area contributed by atoms with Crippen LogP contribution in [0.5, 0.6) is 0 Å². The van der Waals surface area contributed by atoms with E-state index >= 15 is 0 Å². The summed E-state index contributed by atoms with van der Waals surface area (Å²) in [6.07, 6.45) is 47.9. The molecule has 0 fully saturated rings. The SMILES string of the molecule is CCCCCCC(CCCC)COC(=O)CCCCCCCCC(CCCCCCCCC(=O)OCC(CCCC)CCCCCC)N(C=O)CC(CCCC)CCCCCC. The molecule has 62 heavy (non-hydrogen) atoms. The van der Waals surface area contributed by atoms with Crippen LogP contribution < -0.4 is 0 Å². The van der Waals surface area contributed by atoms with E-state index in [2.05, 4.69) is 46.4 Å². The standard InChI is InChI=1S/C56H109NO5/c1-7-13-19-30-40-51(37-16-10-4)47-57(50-58)54(43-33-26-22-24-28-35-45-55(59)61-48-52(38-17-11-5)41-31-20-14-8-2)44-34-27-23-25-29-36-46-56(60)62-49-53(39-18-12-6)42-32-21-15-9-3/h50-54H,7-49H2,1-6H3. The molecule has 0 aliphatic rings. The molecule has 0 aromatic rings. The van der Waals surface area contributed by atoms with E-state index < -0.39 is 0 Å². The number of hydrogen-bond donors (Lipinski definition) is 0. The van der Waals surface area contributed by atoms with Crippen LogP contribution in [0.15, 0.2) is 0 Å². The van der Waals surface area contributed by atoms with Crippen molar-refractivity contribution in [2.45, 2.75) is 304 Å². The Labute approximate surface area is 387 Å². The summed E-state index contributed by atoms with van der Waals surface area (Å²) >= 11 is 0. The lowest BCUT2D eigenvalue weighted by Crippen LogP contribution is -2.38. The number of unbranched alkanes of at least 4 members (excludes halogenated alkanes) is 22. The van der Waals surface area contributed by atoms with E-state index in [1.165, 1.54) is 212 Å². The highest BCUT2D eigenvalue weighted by molar-refractivity contribution is 5.69. The van der Waals surface area contributed by atoms with Crippen LogP contribution in [0.3, 0.4) is 0 Å². The minimum Gasteiger partial charge on any atom is -0.465 e. The van der Waals surface area contributed by atoms with Gasteiger partial charge in [0.05, 0.1) is 13.2 Å². The van der Waals surface area contributed by atoms with Crippen molar-refractivity contribution in [2.24, 2.45) is 17.8 Å². The van der Waals surface area contributed by atoms with E-state index in [1.54, 1.807) is 0 Å². The first-order valence-corrected chi connectivity index (χ1v) is 27.9. The van der Waals surface area contributed by atoms with Crippen molar-refractivity contribution in [3.05, 3.63) is 0 Å². The molecule has 3 atom stereocenters. The fourth-order valence-corrected chi connectivity index (χ4v) is 9.34. The van der Waals surface area contributed by atoms with Gasteiger partial charge in [0, 0.05) is 25.4 Å². The van der Waals surface area contributed by atoms with Crippen molar-refractivity contribution in [3.8, 4) is 0 Å². The zero-order valence-electron chi connectivity index (χ0n) is 42.8. The Morgan fingerprint density at radius 3 is 1.03 bits per heavy atom. The first-order chi connectivity index (χ1) is 30.4. The molecule has 1 amide bonds. The maximum absolute atomic E-state index is 12.7. The van der Waals surface area contributed by atoms with Crippen LogP contribution >= 0.6 is 0 Å². The average Bonchev–Trinajstić information content (AvgIpc) is 3.28. The second-order valence-electron chi connectivity index (χ2n) is 19.7. The number of amides is 1. The third-order valence-corrected chi connectivity index (χ3v) is 13.7. The Hall–Kier alpha value is -1.59. The van der Waals surface area contributed by atoms with Crippen LogP contribution in [0.1, 0.15) is 298 Å². The normalized spacial score (nSPS) is 13.5. The number of carbonyl (C=O) groups is 3. The van der Waals surface area contributed by atoms with Gasteiger partial charge in [-0.05, 0) is 82.0 Å². The van der Waals surface area contributed by atoms with Gasteiger partial charge in [0.25, 0.3) is 0 Å². The summed E-state index contributed by atoms with van der Waals surface area (Å²) in [5, 5.41) is 0. The Kier molecular flexibility index (Phi) is 46.2. The van der Waals surface area contributed by atoms with Gasteiger partial charge in [-0.25, -0.2) is 0 Å². The molecule has 0 bridgehead atoms. The van der Waals surface area contributed by atoms with Gasteiger partial charge in [0.2, 0.25) is 6.41 Å². The van der Waals surface area contributed by atoms with E-state index in [0.717, 1.165) is 45.1 Å². The van der Waals surface area contributed by atoms with Gasteiger partial charge < -0.3 is 14.4 Å². The Balaban J connectivity index is 4.81. The molecule has 0 saturated heterocycles. The van der Waals surface area contributed by atoms with Crippen LogP contribution in [0.2, 0.25) is 0 Å². The summed E-state index contributed by atoms with van der Waals surface area (Å²) in [6.45, 7) is 15.7. The summed E-state index contributed by atoms with van der Waals surface area (Å²) in [4.78, 5) is 40.0. The second kappa shape index (κ2) is 47.4. The van der Waals surface area contributed by atoms with Crippen molar-refractivity contribution >= 4 is 18.3 Å². The van der Waals surface area contributed by atoms with Crippen LogP contribution in [-0.2, 0) is 23.9 Å². The molecule has 0 saturated carbocycles. The molecule has 0 radical (unpaired) electrons. The highest BCUT2D eigenvalue weighted by atomic mass is 16.5. The summed E-state index contributed by atoms with van der Waals surface area (Å²) in [7, 11) is 0. The number of hydrogen-bond acceptors (Lipinski definition) is 5. The maximum Gasteiger partial charge on any atom is 0.305 e. The molecule has 0 N–H and O–H groups in total. The monoisotopic (exact) mass is 876 g/mol. The van der Waals surface area contributed by atoms with Gasteiger partial charge in [-0.3, -0.25) is 14.4 Å². The molecule has 3 unspecified atom stereocenters. The van der Waals surface area contributed by atoms with Gasteiger partial charge in [-0.1, -0.05) is 221 Å². The van der Waals surface area contributed by atoms with E-state index in [4.69, 9.17) is 9.47 Å². The average molecular weight is 876 g/mol. The molecular weight excluding hydrogens is 767 g/mol.